The minimum absolute atomic E-state index is 0.0583. The van der Waals surface area contributed by atoms with E-state index in [1.54, 1.807) is 24.3 Å². The van der Waals surface area contributed by atoms with E-state index in [1.807, 2.05) is 0 Å². The fourth-order valence-corrected chi connectivity index (χ4v) is 1.56. The molecule has 0 atom stereocenters. The Morgan fingerprint density at radius 2 is 2.00 bits per heavy atom. The molecule has 1 amide bonds. The Kier molecular flexibility index (Phi) is 4.04. The highest BCUT2D eigenvalue weighted by Crippen LogP contribution is 2.17. The van der Waals surface area contributed by atoms with Gasteiger partial charge >= 0.3 is 5.97 Å². The summed E-state index contributed by atoms with van der Waals surface area (Å²) in [5, 5.41) is 23.0. The van der Waals surface area contributed by atoms with E-state index in [9.17, 15) is 9.59 Å². The minimum Gasteiger partial charge on any atom is -0.481 e. The summed E-state index contributed by atoms with van der Waals surface area (Å²) in [5.74, 6) is -0.649. The number of anilines is 1. The number of tetrazole rings is 1. The molecule has 0 aliphatic rings. The smallest absolute Gasteiger partial charge is 0.305 e. The number of hydrogen-bond donors (Lipinski definition) is 2. The average Bonchev–Trinajstić information content (AvgIpc) is 2.85. The molecule has 8 nitrogen and oxygen atoms in total. The van der Waals surface area contributed by atoms with Gasteiger partial charge in [-0.2, -0.15) is 4.80 Å². The van der Waals surface area contributed by atoms with Gasteiger partial charge in [0.25, 0.3) is 0 Å². The lowest BCUT2D eigenvalue weighted by molar-refractivity contribution is -0.137. The van der Waals surface area contributed by atoms with Gasteiger partial charge in [0.1, 0.15) is 0 Å². The first kappa shape index (κ1) is 13.7. The zero-order chi connectivity index (χ0) is 14.5. The molecule has 8 heteroatoms. The molecule has 0 aliphatic heterocycles. The molecular weight excluding hydrogens is 262 g/mol. The Morgan fingerprint density at radius 3 is 2.60 bits per heavy atom. The van der Waals surface area contributed by atoms with Gasteiger partial charge in [0, 0.05) is 18.2 Å². The van der Waals surface area contributed by atoms with Crippen molar-refractivity contribution in [3.8, 4) is 11.4 Å². The van der Waals surface area contributed by atoms with Gasteiger partial charge in [0.15, 0.2) is 0 Å². The van der Waals surface area contributed by atoms with Crippen LogP contribution in [0.3, 0.4) is 0 Å². The number of amides is 1. The molecule has 0 spiro atoms. The Labute approximate surface area is 114 Å². The van der Waals surface area contributed by atoms with Crippen LogP contribution in [0.2, 0.25) is 0 Å². The largest absolute Gasteiger partial charge is 0.481 e. The van der Waals surface area contributed by atoms with Crippen molar-refractivity contribution >= 4 is 17.6 Å². The monoisotopic (exact) mass is 275 g/mol. The minimum atomic E-state index is -0.913. The van der Waals surface area contributed by atoms with Crippen LogP contribution < -0.4 is 5.32 Å². The van der Waals surface area contributed by atoms with E-state index in [-0.39, 0.29) is 18.9 Å². The van der Waals surface area contributed by atoms with Crippen molar-refractivity contribution in [2.45, 2.75) is 19.9 Å². The maximum atomic E-state index is 10.9. The van der Waals surface area contributed by atoms with Gasteiger partial charge in [-0.15, -0.1) is 10.2 Å². The Morgan fingerprint density at radius 1 is 1.30 bits per heavy atom. The molecule has 1 aromatic heterocycles. The van der Waals surface area contributed by atoms with Gasteiger partial charge in [0.2, 0.25) is 11.7 Å². The number of aromatic nitrogens is 4. The lowest BCUT2D eigenvalue weighted by Gasteiger charge is -2.01. The van der Waals surface area contributed by atoms with E-state index in [0.29, 0.717) is 11.5 Å². The number of aliphatic carboxylic acids is 1. The second-order valence-corrected chi connectivity index (χ2v) is 4.11. The number of rotatable bonds is 5. The predicted octanol–water partition coefficient (Wildman–Crippen LogP) is 0.773. The van der Waals surface area contributed by atoms with E-state index in [1.165, 1.54) is 11.7 Å². The number of hydrogen-bond acceptors (Lipinski definition) is 5. The number of carbonyl (C=O) groups excluding carboxylic acids is 1. The Balaban J connectivity index is 2.07. The molecule has 0 aliphatic carbocycles. The van der Waals surface area contributed by atoms with Crippen LogP contribution in [0, 0.1) is 0 Å². The fraction of sp³-hybridized carbons (Fsp3) is 0.250. The van der Waals surface area contributed by atoms with Crippen molar-refractivity contribution in [3.05, 3.63) is 24.3 Å². The van der Waals surface area contributed by atoms with Crippen LogP contribution in [0.1, 0.15) is 13.3 Å². The number of benzene rings is 1. The zero-order valence-electron chi connectivity index (χ0n) is 10.8. The molecule has 20 heavy (non-hydrogen) atoms. The number of carbonyl (C=O) groups is 2. The van der Waals surface area contributed by atoms with Crippen LogP contribution in [-0.2, 0) is 16.1 Å². The molecule has 0 bridgehead atoms. The summed E-state index contributed by atoms with van der Waals surface area (Å²) in [7, 11) is 0. The summed E-state index contributed by atoms with van der Waals surface area (Å²) in [6.07, 6.45) is -0.0583. The molecule has 2 N–H and O–H groups in total. The van der Waals surface area contributed by atoms with Crippen molar-refractivity contribution < 1.29 is 14.7 Å². The molecule has 0 saturated carbocycles. The van der Waals surface area contributed by atoms with Crippen LogP contribution in [0.4, 0.5) is 5.69 Å². The first-order valence-corrected chi connectivity index (χ1v) is 5.92. The summed E-state index contributed by atoms with van der Waals surface area (Å²) in [6, 6.07) is 6.97. The summed E-state index contributed by atoms with van der Waals surface area (Å²) in [6.45, 7) is 1.61. The molecule has 0 unspecified atom stereocenters. The quantitative estimate of drug-likeness (QED) is 0.834. The first-order chi connectivity index (χ1) is 9.54. The normalized spacial score (nSPS) is 10.2. The second-order valence-electron chi connectivity index (χ2n) is 4.11. The average molecular weight is 275 g/mol. The van der Waals surface area contributed by atoms with Crippen LogP contribution in [0.25, 0.3) is 11.4 Å². The summed E-state index contributed by atoms with van der Waals surface area (Å²) >= 11 is 0. The van der Waals surface area contributed by atoms with Crippen molar-refractivity contribution in [1.82, 2.24) is 20.2 Å². The third-order valence-corrected chi connectivity index (χ3v) is 2.44. The van der Waals surface area contributed by atoms with Gasteiger partial charge in [-0.05, 0) is 29.5 Å². The SMILES string of the molecule is CC(=O)Nc1ccc(-c2nnn(CCC(=O)O)n2)cc1. The highest BCUT2D eigenvalue weighted by Gasteiger charge is 2.07. The zero-order valence-corrected chi connectivity index (χ0v) is 10.8. The van der Waals surface area contributed by atoms with E-state index >= 15 is 0 Å². The summed E-state index contributed by atoms with van der Waals surface area (Å²) in [5.41, 5.74) is 1.42. The highest BCUT2D eigenvalue weighted by molar-refractivity contribution is 5.88. The lowest BCUT2D eigenvalue weighted by Crippen LogP contribution is -2.07. The van der Waals surface area contributed by atoms with Gasteiger partial charge in [0.05, 0.1) is 13.0 Å². The molecular formula is C12H13N5O3. The molecule has 1 heterocycles. The molecule has 2 rings (SSSR count). The van der Waals surface area contributed by atoms with Crippen LogP contribution in [0.15, 0.2) is 24.3 Å². The Hall–Kier alpha value is -2.77. The number of carboxylic acids is 1. The highest BCUT2D eigenvalue weighted by atomic mass is 16.4. The number of aryl methyl sites for hydroxylation is 1. The Bertz CT molecular complexity index is 620. The van der Waals surface area contributed by atoms with Crippen molar-refractivity contribution in [2.24, 2.45) is 0 Å². The lowest BCUT2D eigenvalue weighted by atomic mass is 10.2. The predicted molar refractivity (Wildman–Crippen MR) is 69.8 cm³/mol. The summed E-state index contributed by atoms with van der Waals surface area (Å²) < 4.78 is 0. The maximum absolute atomic E-state index is 10.9. The maximum Gasteiger partial charge on any atom is 0.305 e. The standard InChI is InChI=1S/C12H13N5O3/c1-8(18)13-10-4-2-9(3-5-10)12-14-16-17(15-12)7-6-11(19)20/h2-5H,6-7H2,1H3,(H,13,18)(H,19,20). The fourth-order valence-electron chi connectivity index (χ4n) is 1.56. The van der Waals surface area contributed by atoms with Gasteiger partial charge < -0.3 is 10.4 Å². The number of nitrogens with one attached hydrogen (secondary N) is 1. The number of nitrogens with zero attached hydrogens (tertiary/aromatic N) is 4. The van der Waals surface area contributed by atoms with Crippen molar-refractivity contribution in [2.75, 3.05) is 5.32 Å². The van der Waals surface area contributed by atoms with Crippen molar-refractivity contribution in [3.63, 3.8) is 0 Å². The van der Waals surface area contributed by atoms with E-state index in [2.05, 4.69) is 20.7 Å². The van der Waals surface area contributed by atoms with Crippen LogP contribution in [0.5, 0.6) is 0 Å². The van der Waals surface area contributed by atoms with E-state index < -0.39 is 5.97 Å². The van der Waals surface area contributed by atoms with E-state index in [0.717, 1.165) is 5.56 Å². The van der Waals surface area contributed by atoms with Crippen LogP contribution in [-0.4, -0.2) is 37.2 Å². The van der Waals surface area contributed by atoms with Gasteiger partial charge in [-0.1, -0.05) is 0 Å². The van der Waals surface area contributed by atoms with Crippen LogP contribution >= 0.6 is 0 Å². The molecule has 104 valence electrons. The topological polar surface area (TPSA) is 110 Å². The molecule has 0 saturated heterocycles. The van der Waals surface area contributed by atoms with Gasteiger partial charge in [-0.3, -0.25) is 9.59 Å². The first-order valence-electron chi connectivity index (χ1n) is 5.92. The third-order valence-electron chi connectivity index (χ3n) is 2.44. The molecule has 0 fully saturated rings. The molecule has 1 aromatic carbocycles. The van der Waals surface area contributed by atoms with Crippen molar-refractivity contribution in [1.29, 1.82) is 0 Å². The number of carboxylic acid groups (broad SMARTS) is 1. The molecule has 2 aromatic rings. The third kappa shape index (κ3) is 3.61. The summed E-state index contributed by atoms with van der Waals surface area (Å²) in [4.78, 5) is 22.6. The molecule has 0 radical (unpaired) electrons. The second kappa shape index (κ2) is 5.91. The van der Waals surface area contributed by atoms with E-state index in [4.69, 9.17) is 5.11 Å². The van der Waals surface area contributed by atoms with Gasteiger partial charge in [-0.25, -0.2) is 0 Å².